The topological polar surface area (TPSA) is 65.4 Å². The van der Waals surface area contributed by atoms with Crippen LogP contribution in [0.15, 0.2) is 18.3 Å². The van der Waals surface area contributed by atoms with Crippen molar-refractivity contribution in [2.45, 2.75) is 18.6 Å². The molecule has 0 amide bonds. The maximum absolute atomic E-state index is 9.72. The maximum atomic E-state index is 9.72. The summed E-state index contributed by atoms with van der Waals surface area (Å²) < 4.78 is 0. The van der Waals surface area contributed by atoms with Crippen LogP contribution in [0.25, 0.3) is 0 Å². The Kier molecular flexibility index (Phi) is 4.98. The Bertz CT molecular complexity index is 292. The van der Waals surface area contributed by atoms with Gasteiger partial charge in [-0.2, -0.15) is 0 Å². The lowest BCUT2D eigenvalue weighted by molar-refractivity contribution is 0.0115. The normalized spacial score (nSPS) is 14.9. The molecule has 1 heterocycles. The fourth-order valence-electron chi connectivity index (χ4n) is 1.21. The summed E-state index contributed by atoms with van der Waals surface area (Å²) in [6.45, 7) is 0.645. The number of nitrogens with one attached hydrogen (secondary N) is 1. The number of aliphatic hydroxyl groups excluding tert-OH is 2. The first-order valence-corrected chi connectivity index (χ1v) is 5.15. The lowest BCUT2D eigenvalue weighted by Gasteiger charge is -2.16. The van der Waals surface area contributed by atoms with Gasteiger partial charge in [0.1, 0.15) is 6.10 Å². The molecule has 2 unspecified atom stereocenters. The molecule has 5 heteroatoms. The van der Waals surface area contributed by atoms with E-state index < -0.39 is 12.2 Å². The second kappa shape index (κ2) is 6.02. The fraction of sp³-hybridized carbons (Fsp3) is 0.500. The van der Waals surface area contributed by atoms with Crippen molar-refractivity contribution < 1.29 is 10.2 Å². The second-order valence-electron chi connectivity index (χ2n) is 3.31. The zero-order chi connectivity index (χ0) is 11.3. The summed E-state index contributed by atoms with van der Waals surface area (Å²) in [6, 6.07) is 3.24. The zero-order valence-electron chi connectivity index (χ0n) is 8.52. The smallest absolute Gasteiger partial charge is 0.122 e. The molecule has 0 spiro atoms. The van der Waals surface area contributed by atoms with Crippen LogP contribution in [0.1, 0.15) is 18.2 Å². The van der Waals surface area contributed by atoms with Crippen molar-refractivity contribution in [1.29, 1.82) is 0 Å². The SMILES string of the molecule is CNCCC(O)C(O)c1ccc(Cl)cn1. The van der Waals surface area contributed by atoms with Crippen molar-refractivity contribution >= 4 is 11.6 Å². The van der Waals surface area contributed by atoms with Gasteiger partial charge in [0.25, 0.3) is 0 Å². The molecule has 4 nitrogen and oxygen atoms in total. The molecule has 1 aromatic rings. The van der Waals surface area contributed by atoms with E-state index in [2.05, 4.69) is 10.3 Å². The van der Waals surface area contributed by atoms with Crippen LogP contribution in [0.3, 0.4) is 0 Å². The van der Waals surface area contributed by atoms with Crippen molar-refractivity contribution in [3.8, 4) is 0 Å². The van der Waals surface area contributed by atoms with Crippen LogP contribution in [0.5, 0.6) is 0 Å². The molecule has 0 aliphatic heterocycles. The van der Waals surface area contributed by atoms with E-state index in [0.717, 1.165) is 0 Å². The first-order chi connectivity index (χ1) is 7.15. The van der Waals surface area contributed by atoms with Crippen LogP contribution in [-0.2, 0) is 0 Å². The average molecular weight is 231 g/mol. The summed E-state index contributed by atoms with van der Waals surface area (Å²) in [5, 5.41) is 22.7. The first kappa shape index (κ1) is 12.4. The molecule has 0 aromatic carbocycles. The summed E-state index contributed by atoms with van der Waals surface area (Å²) in [5.41, 5.74) is 0.433. The van der Waals surface area contributed by atoms with Gasteiger partial charge >= 0.3 is 0 Å². The number of aliphatic hydroxyl groups is 2. The van der Waals surface area contributed by atoms with Crippen molar-refractivity contribution in [3.05, 3.63) is 29.0 Å². The van der Waals surface area contributed by atoms with Crippen LogP contribution in [0.2, 0.25) is 5.02 Å². The largest absolute Gasteiger partial charge is 0.390 e. The Labute approximate surface area is 93.9 Å². The Morgan fingerprint density at radius 3 is 2.73 bits per heavy atom. The number of nitrogens with zero attached hydrogens (tertiary/aromatic N) is 1. The van der Waals surface area contributed by atoms with Gasteiger partial charge in [0, 0.05) is 6.20 Å². The number of hydrogen-bond donors (Lipinski definition) is 3. The number of halogens is 1. The van der Waals surface area contributed by atoms with Crippen LogP contribution < -0.4 is 5.32 Å². The molecule has 0 bridgehead atoms. The number of aromatic nitrogens is 1. The highest BCUT2D eigenvalue weighted by Crippen LogP contribution is 2.17. The van der Waals surface area contributed by atoms with Gasteiger partial charge < -0.3 is 15.5 Å². The van der Waals surface area contributed by atoms with Crippen LogP contribution in [-0.4, -0.2) is 34.9 Å². The van der Waals surface area contributed by atoms with Gasteiger partial charge in [-0.05, 0) is 32.1 Å². The molecule has 1 aromatic heterocycles. The minimum Gasteiger partial charge on any atom is -0.390 e. The summed E-state index contributed by atoms with van der Waals surface area (Å²) in [5.74, 6) is 0. The van der Waals surface area contributed by atoms with E-state index in [9.17, 15) is 10.2 Å². The second-order valence-corrected chi connectivity index (χ2v) is 3.74. The molecule has 3 N–H and O–H groups in total. The molecular weight excluding hydrogens is 216 g/mol. The third kappa shape index (κ3) is 3.76. The van der Waals surface area contributed by atoms with Crippen molar-refractivity contribution in [3.63, 3.8) is 0 Å². The van der Waals surface area contributed by atoms with Gasteiger partial charge in [0.2, 0.25) is 0 Å². The number of rotatable bonds is 5. The Morgan fingerprint density at radius 1 is 1.47 bits per heavy atom. The fourth-order valence-corrected chi connectivity index (χ4v) is 1.32. The lowest BCUT2D eigenvalue weighted by atomic mass is 10.1. The third-order valence-corrected chi connectivity index (χ3v) is 2.33. The molecule has 0 saturated heterocycles. The first-order valence-electron chi connectivity index (χ1n) is 4.77. The molecule has 84 valence electrons. The molecule has 15 heavy (non-hydrogen) atoms. The van der Waals surface area contributed by atoms with Gasteiger partial charge in [0.15, 0.2) is 0 Å². The van der Waals surface area contributed by atoms with E-state index in [1.807, 2.05) is 0 Å². The highest BCUT2D eigenvalue weighted by atomic mass is 35.5. The standard InChI is InChI=1S/C10H15ClN2O2/c1-12-5-4-9(14)10(15)8-3-2-7(11)6-13-8/h2-3,6,9-10,12,14-15H,4-5H2,1H3. The molecule has 0 aliphatic rings. The van der Waals surface area contributed by atoms with Crippen LogP contribution >= 0.6 is 11.6 Å². The third-order valence-electron chi connectivity index (χ3n) is 2.11. The molecule has 0 saturated carbocycles. The molecule has 0 radical (unpaired) electrons. The van der Waals surface area contributed by atoms with Gasteiger partial charge in [-0.3, -0.25) is 4.98 Å². The van der Waals surface area contributed by atoms with Gasteiger partial charge in [-0.25, -0.2) is 0 Å². The summed E-state index contributed by atoms with van der Waals surface area (Å²) in [4.78, 5) is 3.94. The zero-order valence-corrected chi connectivity index (χ0v) is 9.28. The quantitative estimate of drug-likeness (QED) is 0.698. The monoisotopic (exact) mass is 230 g/mol. The minimum atomic E-state index is -0.962. The van der Waals surface area contributed by atoms with Crippen LogP contribution in [0.4, 0.5) is 0 Å². The molecule has 0 fully saturated rings. The van der Waals surface area contributed by atoms with Gasteiger partial charge in [-0.15, -0.1) is 0 Å². The minimum absolute atomic E-state index is 0.433. The summed E-state index contributed by atoms with van der Waals surface area (Å²) in [7, 11) is 1.79. The lowest BCUT2D eigenvalue weighted by Crippen LogP contribution is -2.23. The highest BCUT2D eigenvalue weighted by Gasteiger charge is 2.18. The highest BCUT2D eigenvalue weighted by molar-refractivity contribution is 6.30. The molecule has 2 atom stereocenters. The van der Waals surface area contributed by atoms with E-state index in [4.69, 9.17) is 11.6 Å². The number of pyridine rings is 1. The van der Waals surface area contributed by atoms with E-state index in [-0.39, 0.29) is 0 Å². The Hall–Kier alpha value is -0.680. The number of hydrogen-bond acceptors (Lipinski definition) is 4. The Morgan fingerprint density at radius 2 is 2.20 bits per heavy atom. The van der Waals surface area contributed by atoms with Gasteiger partial charge in [-0.1, -0.05) is 11.6 Å². The van der Waals surface area contributed by atoms with E-state index in [1.165, 1.54) is 6.20 Å². The van der Waals surface area contributed by atoms with E-state index >= 15 is 0 Å². The predicted octanol–water partition coefficient (Wildman–Crippen LogP) is 0.739. The summed E-state index contributed by atoms with van der Waals surface area (Å²) in [6.07, 6.45) is 0.147. The molecular formula is C10H15ClN2O2. The van der Waals surface area contributed by atoms with E-state index in [0.29, 0.717) is 23.7 Å². The van der Waals surface area contributed by atoms with Crippen molar-refractivity contribution in [1.82, 2.24) is 10.3 Å². The van der Waals surface area contributed by atoms with E-state index in [1.54, 1.807) is 19.2 Å². The maximum Gasteiger partial charge on any atom is 0.122 e. The van der Waals surface area contributed by atoms with Crippen molar-refractivity contribution in [2.75, 3.05) is 13.6 Å². The Balaban J connectivity index is 2.59. The summed E-state index contributed by atoms with van der Waals surface area (Å²) >= 11 is 5.66. The van der Waals surface area contributed by atoms with Crippen molar-refractivity contribution in [2.24, 2.45) is 0 Å². The average Bonchev–Trinajstić information content (AvgIpc) is 2.26. The van der Waals surface area contributed by atoms with Crippen LogP contribution in [0, 0.1) is 0 Å². The van der Waals surface area contributed by atoms with Gasteiger partial charge in [0.05, 0.1) is 16.8 Å². The predicted molar refractivity (Wildman–Crippen MR) is 58.8 cm³/mol. The molecule has 1 rings (SSSR count). The molecule has 0 aliphatic carbocycles.